The van der Waals surface area contributed by atoms with Crippen molar-refractivity contribution in [3.05, 3.63) is 53.9 Å². The minimum Gasteiger partial charge on any atom is -0.357 e. The standard InChI is InChI=1S/C22H34N6.HI/c1-3-21(27-16-11-19-9-5-6-10-20(19)18-27)17-25-22(23-4-2)24-12-7-14-28-15-8-13-26-28;/h5-6,8-10,13,15,21H,3-4,7,11-12,14,16-18H2,1-2H3,(H2,23,24,25);1H. The number of aliphatic imine (C=N–C) groups is 1. The summed E-state index contributed by atoms with van der Waals surface area (Å²) in [6.45, 7) is 10.1. The molecule has 0 saturated carbocycles. The van der Waals surface area contributed by atoms with Gasteiger partial charge in [-0.25, -0.2) is 0 Å². The quantitative estimate of drug-likeness (QED) is 0.235. The predicted octanol–water partition coefficient (Wildman–Crippen LogP) is 3.28. The van der Waals surface area contributed by atoms with Gasteiger partial charge in [-0.05, 0) is 43.4 Å². The Balaban J connectivity index is 0.00000300. The van der Waals surface area contributed by atoms with Crippen LogP contribution in [0, 0.1) is 0 Å². The van der Waals surface area contributed by atoms with Gasteiger partial charge in [0.05, 0.1) is 6.54 Å². The third-order valence-corrected chi connectivity index (χ3v) is 5.37. The maximum absolute atomic E-state index is 4.88. The first kappa shape index (κ1) is 23.7. The lowest BCUT2D eigenvalue weighted by Gasteiger charge is -2.34. The number of guanidine groups is 1. The molecule has 29 heavy (non-hydrogen) atoms. The molecule has 1 aromatic carbocycles. The Morgan fingerprint density at radius 1 is 1.17 bits per heavy atom. The minimum atomic E-state index is 0. The zero-order valence-electron chi connectivity index (χ0n) is 17.7. The molecule has 2 N–H and O–H groups in total. The molecule has 0 amide bonds. The van der Waals surface area contributed by atoms with Crippen molar-refractivity contribution in [1.82, 2.24) is 25.3 Å². The lowest BCUT2D eigenvalue weighted by molar-refractivity contribution is 0.178. The van der Waals surface area contributed by atoms with E-state index < -0.39 is 0 Å². The van der Waals surface area contributed by atoms with E-state index in [1.54, 1.807) is 0 Å². The first-order chi connectivity index (χ1) is 13.8. The van der Waals surface area contributed by atoms with E-state index in [1.165, 1.54) is 11.1 Å². The average molecular weight is 510 g/mol. The molecule has 1 aliphatic heterocycles. The van der Waals surface area contributed by atoms with Crippen molar-refractivity contribution in [2.75, 3.05) is 26.2 Å². The van der Waals surface area contributed by atoms with Gasteiger partial charge in [0.1, 0.15) is 0 Å². The van der Waals surface area contributed by atoms with Gasteiger partial charge in [0.25, 0.3) is 0 Å². The highest BCUT2D eigenvalue weighted by atomic mass is 127. The smallest absolute Gasteiger partial charge is 0.191 e. The van der Waals surface area contributed by atoms with Crippen LogP contribution in [-0.2, 0) is 19.5 Å². The van der Waals surface area contributed by atoms with E-state index in [0.717, 1.165) is 64.5 Å². The van der Waals surface area contributed by atoms with E-state index >= 15 is 0 Å². The van der Waals surface area contributed by atoms with Gasteiger partial charge >= 0.3 is 0 Å². The summed E-state index contributed by atoms with van der Waals surface area (Å²) >= 11 is 0. The van der Waals surface area contributed by atoms with Gasteiger partial charge in [-0.3, -0.25) is 14.6 Å². The fourth-order valence-corrected chi connectivity index (χ4v) is 3.75. The van der Waals surface area contributed by atoms with Crippen LogP contribution in [-0.4, -0.2) is 52.9 Å². The molecule has 1 unspecified atom stereocenters. The minimum absolute atomic E-state index is 0. The second kappa shape index (κ2) is 12.8. The monoisotopic (exact) mass is 510 g/mol. The number of halogens is 1. The maximum Gasteiger partial charge on any atom is 0.191 e. The Bertz CT molecular complexity index is 731. The number of nitrogens with one attached hydrogen (secondary N) is 2. The SMILES string of the molecule is CCNC(=NCC(CC)N1CCc2ccccc2C1)NCCCn1cccn1.I. The van der Waals surface area contributed by atoms with E-state index in [4.69, 9.17) is 4.99 Å². The molecule has 0 spiro atoms. The zero-order chi connectivity index (χ0) is 19.6. The molecule has 0 fully saturated rings. The Morgan fingerprint density at radius 2 is 2.00 bits per heavy atom. The predicted molar refractivity (Wildman–Crippen MR) is 131 cm³/mol. The van der Waals surface area contributed by atoms with E-state index in [9.17, 15) is 0 Å². The average Bonchev–Trinajstić information content (AvgIpc) is 3.25. The largest absolute Gasteiger partial charge is 0.357 e. The fraction of sp³-hybridized carbons (Fsp3) is 0.545. The molecule has 0 saturated heterocycles. The Kier molecular flexibility index (Phi) is 10.5. The molecule has 0 aliphatic carbocycles. The van der Waals surface area contributed by atoms with Crippen molar-refractivity contribution in [2.24, 2.45) is 4.99 Å². The van der Waals surface area contributed by atoms with E-state index in [1.807, 2.05) is 23.1 Å². The molecule has 6 nitrogen and oxygen atoms in total. The number of aryl methyl sites for hydroxylation is 1. The van der Waals surface area contributed by atoms with Crippen molar-refractivity contribution in [1.29, 1.82) is 0 Å². The van der Waals surface area contributed by atoms with Crippen LogP contribution in [0.1, 0.15) is 37.8 Å². The number of benzene rings is 1. The zero-order valence-corrected chi connectivity index (χ0v) is 20.0. The van der Waals surface area contributed by atoms with Gasteiger partial charge in [0, 0.05) is 51.2 Å². The van der Waals surface area contributed by atoms with Crippen molar-refractivity contribution in [2.45, 2.75) is 52.2 Å². The number of hydrogen-bond donors (Lipinski definition) is 2. The summed E-state index contributed by atoms with van der Waals surface area (Å²) in [5, 5.41) is 11.1. The molecule has 1 atom stereocenters. The summed E-state index contributed by atoms with van der Waals surface area (Å²) < 4.78 is 1.97. The highest BCUT2D eigenvalue weighted by molar-refractivity contribution is 14.0. The molecule has 160 valence electrons. The number of rotatable bonds is 9. The fourth-order valence-electron chi connectivity index (χ4n) is 3.75. The molecule has 2 heterocycles. The summed E-state index contributed by atoms with van der Waals surface area (Å²) in [5.41, 5.74) is 2.98. The topological polar surface area (TPSA) is 57.5 Å². The van der Waals surface area contributed by atoms with E-state index in [2.05, 4.69) is 58.7 Å². The molecule has 1 aromatic heterocycles. The molecule has 7 heteroatoms. The maximum atomic E-state index is 4.88. The summed E-state index contributed by atoms with van der Waals surface area (Å²) in [6, 6.07) is 11.3. The third kappa shape index (κ3) is 7.29. The van der Waals surface area contributed by atoms with Crippen LogP contribution in [0.2, 0.25) is 0 Å². The van der Waals surface area contributed by atoms with Crippen molar-refractivity contribution >= 4 is 29.9 Å². The molecule has 3 rings (SSSR count). The normalized spacial score (nSPS) is 15.3. The summed E-state index contributed by atoms with van der Waals surface area (Å²) in [6.07, 6.45) is 7.10. The van der Waals surface area contributed by atoms with Gasteiger partial charge < -0.3 is 10.6 Å². The first-order valence-electron chi connectivity index (χ1n) is 10.6. The molecule has 1 aliphatic rings. The van der Waals surface area contributed by atoms with Crippen molar-refractivity contribution in [3.63, 3.8) is 0 Å². The van der Waals surface area contributed by atoms with Gasteiger partial charge in [0.2, 0.25) is 0 Å². The number of hydrogen-bond acceptors (Lipinski definition) is 3. The van der Waals surface area contributed by atoms with Crippen LogP contribution in [0.15, 0.2) is 47.7 Å². The van der Waals surface area contributed by atoms with Gasteiger partial charge in [-0.15, -0.1) is 24.0 Å². The van der Waals surface area contributed by atoms with Crippen LogP contribution < -0.4 is 10.6 Å². The molecule has 2 aromatic rings. The Morgan fingerprint density at radius 3 is 2.72 bits per heavy atom. The van der Waals surface area contributed by atoms with Crippen LogP contribution in [0.4, 0.5) is 0 Å². The number of aromatic nitrogens is 2. The highest BCUT2D eigenvalue weighted by Crippen LogP contribution is 2.21. The Labute approximate surface area is 192 Å². The molecule has 0 radical (unpaired) electrons. The lowest BCUT2D eigenvalue weighted by atomic mass is 9.98. The second-order valence-corrected chi connectivity index (χ2v) is 7.32. The Hall–Kier alpha value is -1.61. The van der Waals surface area contributed by atoms with Crippen LogP contribution in [0.3, 0.4) is 0 Å². The molecule has 0 bridgehead atoms. The van der Waals surface area contributed by atoms with E-state index in [-0.39, 0.29) is 24.0 Å². The van der Waals surface area contributed by atoms with Crippen LogP contribution in [0.5, 0.6) is 0 Å². The van der Waals surface area contributed by atoms with Gasteiger partial charge in [-0.2, -0.15) is 5.10 Å². The second-order valence-electron chi connectivity index (χ2n) is 7.32. The van der Waals surface area contributed by atoms with Crippen LogP contribution in [0.25, 0.3) is 0 Å². The van der Waals surface area contributed by atoms with E-state index in [0.29, 0.717) is 6.04 Å². The van der Waals surface area contributed by atoms with Crippen LogP contribution >= 0.6 is 24.0 Å². The summed E-state index contributed by atoms with van der Waals surface area (Å²) in [7, 11) is 0. The van der Waals surface area contributed by atoms with Crippen molar-refractivity contribution < 1.29 is 0 Å². The van der Waals surface area contributed by atoms with Gasteiger partial charge in [0.15, 0.2) is 5.96 Å². The molecular formula is C22H35IN6. The lowest BCUT2D eigenvalue weighted by Crippen LogP contribution is -2.43. The third-order valence-electron chi connectivity index (χ3n) is 5.37. The highest BCUT2D eigenvalue weighted by Gasteiger charge is 2.22. The van der Waals surface area contributed by atoms with Crippen molar-refractivity contribution in [3.8, 4) is 0 Å². The summed E-state index contributed by atoms with van der Waals surface area (Å²) in [5.74, 6) is 0.916. The number of nitrogens with zero attached hydrogens (tertiary/aromatic N) is 4. The molecular weight excluding hydrogens is 475 g/mol. The first-order valence-corrected chi connectivity index (χ1v) is 10.6. The number of fused-ring (bicyclic) bond motifs is 1. The summed E-state index contributed by atoms with van der Waals surface area (Å²) in [4.78, 5) is 7.47. The van der Waals surface area contributed by atoms with Gasteiger partial charge in [-0.1, -0.05) is 31.2 Å².